The molecule has 0 atom stereocenters. The van der Waals surface area contributed by atoms with E-state index in [9.17, 15) is 9.90 Å². The van der Waals surface area contributed by atoms with Gasteiger partial charge in [-0.05, 0) is 43.5 Å². The lowest BCUT2D eigenvalue weighted by molar-refractivity contribution is 0.250. The zero-order valence-corrected chi connectivity index (χ0v) is 16.2. The Morgan fingerprint density at radius 3 is 2.74 bits per heavy atom. The van der Waals surface area contributed by atoms with E-state index in [1.807, 2.05) is 26.0 Å². The van der Waals surface area contributed by atoms with Crippen molar-refractivity contribution < 1.29 is 5.11 Å². The van der Waals surface area contributed by atoms with Crippen molar-refractivity contribution in [1.82, 2.24) is 14.5 Å². The third-order valence-electron chi connectivity index (χ3n) is 5.86. The second-order valence-corrected chi connectivity index (χ2v) is 7.66. The lowest BCUT2D eigenvalue weighted by Gasteiger charge is -2.33. The van der Waals surface area contributed by atoms with Gasteiger partial charge in [0.05, 0.1) is 17.5 Å². The normalized spacial score (nSPS) is 23.1. The lowest BCUT2D eigenvalue weighted by Crippen LogP contribution is -2.38. The van der Waals surface area contributed by atoms with Crippen LogP contribution in [0.1, 0.15) is 32.5 Å². The summed E-state index contributed by atoms with van der Waals surface area (Å²) in [4.78, 5) is 22.9. The third-order valence-corrected chi connectivity index (χ3v) is 5.86. The van der Waals surface area contributed by atoms with Crippen LogP contribution in [0.5, 0.6) is 0 Å². The molecule has 3 aliphatic heterocycles. The molecule has 6 nitrogen and oxygen atoms in total. The fourth-order valence-corrected chi connectivity index (χ4v) is 4.28. The predicted octanol–water partition coefficient (Wildman–Crippen LogP) is 2.10. The van der Waals surface area contributed by atoms with Crippen molar-refractivity contribution in [2.75, 3.05) is 37.7 Å². The maximum atomic E-state index is 13.2. The summed E-state index contributed by atoms with van der Waals surface area (Å²) in [6.45, 7) is 8.18. The third kappa shape index (κ3) is 3.39. The molecule has 2 bridgehead atoms. The Labute approximate surface area is 159 Å². The number of anilines is 1. The molecule has 1 N–H and O–H groups in total. The van der Waals surface area contributed by atoms with Crippen molar-refractivity contribution in [2.24, 2.45) is 0 Å². The Balaban J connectivity index is 1.81. The van der Waals surface area contributed by atoms with Crippen LogP contribution in [0, 0.1) is 0 Å². The van der Waals surface area contributed by atoms with E-state index >= 15 is 0 Å². The lowest BCUT2D eigenvalue weighted by atomic mass is 10.0. The number of benzene rings is 1. The predicted molar refractivity (Wildman–Crippen MR) is 109 cm³/mol. The van der Waals surface area contributed by atoms with E-state index in [0.717, 1.165) is 29.9 Å². The molecular weight excluding hydrogens is 340 g/mol. The van der Waals surface area contributed by atoms with Gasteiger partial charge in [0.2, 0.25) is 0 Å². The Hall–Kier alpha value is -2.18. The van der Waals surface area contributed by atoms with Crippen LogP contribution in [-0.2, 0) is 6.42 Å². The highest BCUT2D eigenvalue weighted by molar-refractivity contribution is 5.82. The number of aliphatic hydroxyl groups excluding tert-OH is 1. The highest BCUT2D eigenvalue weighted by Crippen LogP contribution is 2.28. The molecule has 6 heteroatoms. The summed E-state index contributed by atoms with van der Waals surface area (Å²) in [5.41, 5.74) is 2.54. The van der Waals surface area contributed by atoms with Gasteiger partial charge < -0.3 is 14.9 Å². The fourth-order valence-electron chi connectivity index (χ4n) is 4.28. The second kappa shape index (κ2) is 7.44. The fraction of sp³-hybridized carbons (Fsp3) is 0.524. The molecule has 1 aromatic carbocycles. The summed E-state index contributed by atoms with van der Waals surface area (Å²) >= 11 is 0. The maximum Gasteiger partial charge on any atom is 0.265 e. The van der Waals surface area contributed by atoms with E-state index in [1.165, 1.54) is 25.9 Å². The first-order chi connectivity index (χ1) is 13.1. The number of aromatic nitrogens is 2. The van der Waals surface area contributed by atoms with Crippen LogP contribution in [0.15, 0.2) is 28.6 Å². The highest BCUT2D eigenvalue weighted by Gasteiger charge is 2.29. The Kier molecular flexibility index (Phi) is 5.02. The van der Waals surface area contributed by atoms with Crippen LogP contribution in [0.2, 0.25) is 0 Å². The Morgan fingerprint density at radius 1 is 1.26 bits per heavy atom. The smallest absolute Gasteiger partial charge is 0.265 e. The average Bonchev–Trinajstić information content (AvgIpc) is 3.03. The average molecular weight is 368 g/mol. The van der Waals surface area contributed by atoms with Crippen LogP contribution in [0.3, 0.4) is 0 Å². The van der Waals surface area contributed by atoms with Crippen molar-refractivity contribution in [1.29, 1.82) is 0 Å². The van der Waals surface area contributed by atoms with E-state index in [4.69, 9.17) is 4.98 Å². The molecule has 5 rings (SSSR count). The molecule has 27 heavy (non-hydrogen) atoms. The summed E-state index contributed by atoms with van der Waals surface area (Å²) in [6.07, 6.45) is 4.74. The zero-order chi connectivity index (χ0) is 19.0. The summed E-state index contributed by atoms with van der Waals surface area (Å²) in [5.74, 6) is 0.717. The molecule has 1 aromatic heterocycles. The van der Waals surface area contributed by atoms with Crippen molar-refractivity contribution >= 4 is 22.8 Å². The molecule has 3 saturated heterocycles. The Morgan fingerprint density at radius 2 is 2.04 bits per heavy atom. The number of aliphatic hydroxyl groups is 1. The van der Waals surface area contributed by atoms with Gasteiger partial charge in [0.25, 0.3) is 5.56 Å². The van der Waals surface area contributed by atoms with Gasteiger partial charge in [-0.3, -0.25) is 9.36 Å². The van der Waals surface area contributed by atoms with Gasteiger partial charge in [0, 0.05) is 50.5 Å². The Bertz CT molecular complexity index is 926. The SMILES string of the molecule is CCc1nc2ccc(N3CCN4CCC3CC4)cc2c(=O)n1/C=C(\C)CO. The molecule has 3 fully saturated rings. The van der Waals surface area contributed by atoms with Gasteiger partial charge in [-0.25, -0.2) is 4.98 Å². The first-order valence-corrected chi connectivity index (χ1v) is 9.93. The molecule has 2 aromatic rings. The molecule has 0 amide bonds. The van der Waals surface area contributed by atoms with Gasteiger partial charge in [-0.1, -0.05) is 6.92 Å². The number of aryl methyl sites for hydroxylation is 1. The van der Waals surface area contributed by atoms with Crippen molar-refractivity contribution in [3.8, 4) is 0 Å². The van der Waals surface area contributed by atoms with Crippen LogP contribution in [0.25, 0.3) is 17.1 Å². The van der Waals surface area contributed by atoms with Crippen molar-refractivity contribution in [2.45, 2.75) is 39.2 Å². The first-order valence-electron chi connectivity index (χ1n) is 9.93. The largest absolute Gasteiger partial charge is 0.392 e. The number of hydrogen-bond acceptors (Lipinski definition) is 5. The number of nitrogens with zero attached hydrogens (tertiary/aromatic N) is 4. The number of hydrogen-bond donors (Lipinski definition) is 1. The molecule has 144 valence electrons. The van der Waals surface area contributed by atoms with Crippen molar-refractivity contribution in [3.63, 3.8) is 0 Å². The molecule has 0 unspecified atom stereocenters. The minimum Gasteiger partial charge on any atom is -0.392 e. The second-order valence-electron chi connectivity index (χ2n) is 7.66. The standard InChI is InChI=1S/C21H28N4O2/c1-3-20-22-19-5-4-17(24-11-10-23-8-6-16(24)7-9-23)12-18(19)21(27)25(20)13-15(2)14-26/h4-5,12-13,16,26H,3,6-11,14H2,1-2H3/b15-13+. The van der Waals surface area contributed by atoms with Crippen LogP contribution in [0.4, 0.5) is 5.69 Å². The van der Waals surface area contributed by atoms with Gasteiger partial charge >= 0.3 is 0 Å². The van der Waals surface area contributed by atoms with Gasteiger partial charge in [0.1, 0.15) is 5.82 Å². The maximum absolute atomic E-state index is 13.2. The number of piperidine rings is 1. The number of fused-ring (bicyclic) bond motifs is 5. The van der Waals surface area contributed by atoms with Crippen LogP contribution in [-0.4, -0.2) is 58.4 Å². The monoisotopic (exact) mass is 368 g/mol. The van der Waals surface area contributed by atoms with Gasteiger partial charge in [-0.2, -0.15) is 0 Å². The van der Waals surface area contributed by atoms with Crippen molar-refractivity contribution in [3.05, 3.63) is 40.0 Å². The van der Waals surface area contributed by atoms with Gasteiger partial charge in [-0.15, -0.1) is 0 Å². The molecule has 3 aliphatic rings. The van der Waals surface area contributed by atoms with Crippen LogP contribution < -0.4 is 10.5 Å². The van der Waals surface area contributed by atoms with Gasteiger partial charge in [0.15, 0.2) is 0 Å². The minimum absolute atomic E-state index is 0.0608. The molecule has 0 radical (unpaired) electrons. The zero-order valence-electron chi connectivity index (χ0n) is 16.2. The van der Waals surface area contributed by atoms with E-state index in [2.05, 4.69) is 15.9 Å². The highest BCUT2D eigenvalue weighted by atomic mass is 16.3. The molecule has 0 aliphatic carbocycles. The summed E-state index contributed by atoms with van der Waals surface area (Å²) in [6, 6.07) is 6.66. The summed E-state index contributed by atoms with van der Waals surface area (Å²) in [5, 5.41) is 9.99. The minimum atomic E-state index is -0.0698. The summed E-state index contributed by atoms with van der Waals surface area (Å²) < 4.78 is 1.59. The molecule has 0 saturated carbocycles. The molecule has 0 spiro atoms. The van der Waals surface area contributed by atoms with E-state index in [-0.39, 0.29) is 12.2 Å². The van der Waals surface area contributed by atoms with E-state index < -0.39 is 0 Å². The summed E-state index contributed by atoms with van der Waals surface area (Å²) in [7, 11) is 0. The van der Waals surface area contributed by atoms with E-state index in [0.29, 0.717) is 23.7 Å². The van der Waals surface area contributed by atoms with E-state index in [1.54, 1.807) is 10.8 Å². The first kappa shape index (κ1) is 18.2. The molecule has 4 heterocycles. The van der Waals surface area contributed by atoms with Crippen LogP contribution >= 0.6 is 0 Å². The number of rotatable bonds is 4. The quantitative estimate of drug-likeness (QED) is 0.895. The molecular formula is C21H28N4O2. The topological polar surface area (TPSA) is 61.6 Å².